The standard InChI is InChI=1S/C12H18N4OS2/c1-4-8-10(18-9(14-8)6-7-17-3)11-15-16-12(19-11)13-5-2/h4-7H2,1-3H3,(H,13,16). The first-order valence-electron chi connectivity index (χ1n) is 6.33. The van der Waals surface area contributed by atoms with Crippen molar-refractivity contribution in [2.24, 2.45) is 0 Å². The molecule has 2 rings (SSSR count). The molecule has 5 nitrogen and oxygen atoms in total. The number of methoxy groups -OCH3 is 1. The molecule has 0 radical (unpaired) electrons. The second-order valence-electron chi connectivity index (χ2n) is 3.92. The van der Waals surface area contributed by atoms with Crippen LogP contribution in [0.15, 0.2) is 0 Å². The molecular weight excluding hydrogens is 280 g/mol. The fraction of sp³-hybridized carbons (Fsp3) is 0.583. The lowest BCUT2D eigenvalue weighted by molar-refractivity contribution is 0.202. The number of hydrogen-bond donors (Lipinski definition) is 1. The third-order valence-electron chi connectivity index (χ3n) is 2.54. The van der Waals surface area contributed by atoms with Crippen LogP contribution in [-0.2, 0) is 17.6 Å². The van der Waals surface area contributed by atoms with Gasteiger partial charge in [0.1, 0.15) is 0 Å². The van der Waals surface area contributed by atoms with Gasteiger partial charge in [0.2, 0.25) is 5.13 Å². The van der Waals surface area contributed by atoms with E-state index in [9.17, 15) is 0 Å². The molecule has 2 heterocycles. The number of aromatic nitrogens is 3. The molecule has 7 heteroatoms. The smallest absolute Gasteiger partial charge is 0.206 e. The maximum absolute atomic E-state index is 5.10. The number of anilines is 1. The Morgan fingerprint density at radius 2 is 2.05 bits per heavy atom. The summed E-state index contributed by atoms with van der Waals surface area (Å²) in [5.74, 6) is 0. The Bertz CT molecular complexity index is 524. The number of ether oxygens (including phenoxy) is 1. The topological polar surface area (TPSA) is 59.9 Å². The number of aryl methyl sites for hydroxylation is 1. The van der Waals surface area contributed by atoms with E-state index in [1.54, 1.807) is 29.8 Å². The van der Waals surface area contributed by atoms with Crippen LogP contribution in [0.5, 0.6) is 0 Å². The SMILES string of the molecule is CCNc1nnc(-c2sc(CCOC)nc2CC)s1. The van der Waals surface area contributed by atoms with E-state index >= 15 is 0 Å². The van der Waals surface area contributed by atoms with Gasteiger partial charge in [-0.1, -0.05) is 18.3 Å². The van der Waals surface area contributed by atoms with Gasteiger partial charge >= 0.3 is 0 Å². The van der Waals surface area contributed by atoms with E-state index in [2.05, 4.69) is 27.4 Å². The Hall–Kier alpha value is -1.05. The molecule has 0 aliphatic rings. The van der Waals surface area contributed by atoms with E-state index in [-0.39, 0.29) is 0 Å². The fourth-order valence-corrected chi connectivity index (χ4v) is 3.68. The molecule has 1 N–H and O–H groups in total. The zero-order chi connectivity index (χ0) is 13.7. The van der Waals surface area contributed by atoms with E-state index in [4.69, 9.17) is 4.74 Å². The lowest BCUT2D eigenvalue weighted by Gasteiger charge is -1.93. The van der Waals surface area contributed by atoms with Crippen molar-refractivity contribution in [3.05, 3.63) is 10.7 Å². The number of thiazole rings is 1. The first-order valence-corrected chi connectivity index (χ1v) is 7.97. The predicted molar refractivity (Wildman–Crippen MR) is 80.1 cm³/mol. The quantitative estimate of drug-likeness (QED) is 0.851. The molecule has 0 bridgehead atoms. The first kappa shape index (κ1) is 14.4. The van der Waals surface area contributed by atoms with Crippen molar-refractivity contribution in [1.29, 1.82) is 0 Å². The largest absolute Gasteiger partial charge is 0.384 e. The van der Waals surface area contributed by atoms with Crippen molar-refractivity contribution < 1.29 is 4.74 Å². The van der Waals surface area contributed by atoms with Crippen LogP contribution in [0.2, 0.25) is 0 Å². The van der Waals surface area contributed by atoms with Gasteiger partial charge < -0.3 is 10.1 Å². The van der Waals surface area contributed by atoms with E-state index in [0.717, 1.165) is 45.1 Å². The summed E-state index contributed by atoms with van der Waals surface area (Å²) in [6.07, 6.45) is 1.77. The highest BCUT2D eigenvalue weighted by Gasteiger charge is 2.15. The van der Waals surface area contributed by atoms with Gasteiger partial charge in [0.25, 0.3) is 0 Å². The molecule has 0 saturated heterocycles. The average molecular weight is 298 g/mol. The molecular formula is C12H18N4OS2. The fourth-order valence-electron chi connectivity index (χ4n) is 1.64. The van der Waals surface area contributed by atoms with Crippen LogP contribution in [0.3, 0.4) is 0 Å². The number of rotatable bonds is 7. The Balaban J connectivity index is 2.23. The van der Waals surface area contributed by atoms with Crippen LogP contribution in [0.25, 0.3) is 9.88 Å². The molecule has 2 aromatic rings. The summed E-state index contributed by atoms with van der Waals surface area (Å²) < 4.78 is 5.10. The van der Waals surface area contributed by atoms with Crippen molar-refractivity contribution in [3.8, 4) is 9.88 Å². The Morgan fingerprint density at radius 3 is 2.74 bits per heavy atom. The Kier molecular flexibility index (Phi) is 5.24. The zero-order valence-corrected chi connectivity index (χ0v) is 13.0. The first-order chi connectivity index (χ1) is 9.28. The summed E-state index contributed by atoms with van der Waals surface area (Å²) in [5.41, 5.74) is 1.11. The summed E-state index contributed by atoms with van der Waals surface area (Å²) in [5, 5.41) is 14.5. The highest BCUT2D eigenvalue weighted by atomic mass is 32.1. The molecule has 0 amide bonds. The number of hydrogen-bond acceptors (Lipinski definition) is 7. The van der Waals surface area contributed by atoms with Crippen LogP contribution in [-0.4, -0.2) is 35.4 Å². The highest BCUT2D eigenvalue weighted by molar-refractivity contribution is 7.23. The third kappa shape index (κ3) is 3.49. The number of nitrogens with zero attached hydrogens (tertiary/aromatic N) is 3. The average Bonchev–Trinajstić information content (AvgIpc) is 3.02. The van der Waals surface area contributed by atoms with Gasteiger partial charge in [-0.15, -0.1) is 21.5 Å². The molecule has 0 aliphatic carbocycles. The highest BCUT2D eigenvalue weighted by Crippen LogP contribution is 2.34. The summed E-state index contributed by atoms with van der Waals surface area (Å²) in [7, 11) is 1.71. The molecule has 0 saturated carbocycles. The molecule has 0 atom stereocenters. The van der Waals surface area contributed by atoms with Gasteiger partial charge in [-0.05, 0) is 13.3 Å². The van der Waals surface area contributed by atoms with E-state index in [1.165, 1.54) is 0 Å². The second kappa shape index (κ2) is 6.93. The van der Waals surface area contributed by atoms with E-state index < -0.39 is 0 Å². The molecule has 0 aliphatic heterocycles. The van der Waals surface area contributed by atoms with Crippen LogP contribution in [0, 0.1) is 0 Å². The minimum Gasteiger partial charge on any atom is -0.384 e. The van der Waals surface area contributed by atoms with Crippen molar-refractivity contribution in [1.82, 2.24) is 15.2 Å². The van der Waals surface area contributed by atoms with Gasteiger partial charge in [-0.25, -0.2) is 4.98 Å². The Morgan fingerprint density at radius 1 is 1.21 bits per heavy atom. The monoisotopic (exact) mass is 298 g/mol. The summed E-state index contributed by atoms with van der Waals surface area (Å²) in [6, 6.07) is 0. The molecule has 104 valence electrons. The van der Waals surface area contributed by atoms with E-state index in [1.807, 2.05) is 6.92 Å². The molecule has 0 spiro atoms. The molecule has 0 aromatic carbocycles. The van der Waals surface area contributed by atoms with Crippen molar-refractivity contribution in [2.45, 2.75) is 26.7 Å². The maximum Gasteiger partial charge on any atom is 0.206 e. The summed E-state index contributed by atoms with van der Waals surface area (Å²) >= 11 is 3.28. The molecule has 0 unspecified atom stereocenters. The third-order valence-corrected chi connectivity index (χ3v) is 4.74. The van der Waals surface area contributed by atoms with Gasteiger partial charge in [0, 0.05) is 20.1 Å². The molecule has 0 fully saturated rings. The van der Waals surface area contributed by atoms with Crippen LogP contribution in [0.1, 0.15) is 24.5 Å². The lowest BCUT2D eigenvalue weighted by Crippen LogP contribution is -1.94. The molecule has 2 aromatic heterocycles. The minimum absolute atomic E-state index is 0.703. The maximum atomic E-state index is 5.10. The predicted octanol–water partition coefficient (Wildman–Crippen LogP) is 2.84. The van der Waals surface area contributed by atoms with Crippen molar-refractivity contribution >= 4 is 27.8 Å². The lowest BCUT2D eigenvalue weighted by atomic mass is 10.3. The van der Waals surface area contributed by atoms with Gasteiger partial charge in [-0.3, -0.25) is 0 Å². The van der Waals surface area contributed by atoms with Gasteiger partial charge in [0.05, 0.1) is 22.2 Å². The molecule has 19 heavy (non-hydrogen) atoms. The summed E-state index contributed by atoms with van der Waals surface area (Å²) in [6.45, 7) is 5.73. The van der Waals surface area contributed by atoms with Gasteiger partial charge in [-0.2, -0.15) is 0 Å². The van der Waals surface area contributed by atoms with Crippen molar-refractivity contribution in [2.75, 3.05) is 25.6 Å². The zero-order valence-electron chi connectivity index (χ0n) is 11.4. The normalized spacial score (nSPS) is 10.9. The van der Waals surface area contributed by atoms with Crippen molar-refractivity contribution in [3.63, 3.8) is 0 Å². The van der Waals surface area contributed by atoms with Gasteiger partial charge in [0.15, 0.2) is 5.01 Å². The minimum atomic E-state index is 0.703. The van der Waals surface area contributed by atoms with Crippen LogP contribution < -0.4 is 5.32 Å². The van der Waals surface area contributed by atoms with E-state index in [0.29, 0.717) is 6.61 Å². The Labute approximate surface area is 121 Å². The number of nitrogens with one attached hydrogen (secondary N) is 1. The van der Waals surface area contributed by atoms with Crippen LogP contribution in [0.4, 0.5) is 5.13 Å². The second-order valence-corrected chi connectivity index (χ2v) is 5.98. The van der Waals surface area contributed by atoms with Crippen LogP contribution >= 0.6 is 22.7 Å². The summed E-state index contributed by atoms with van der Waals surface area (Å²) in [4.78, 5) is 5.80.